The molecule has 202 valence electrons. The van der Waals surface area contributed by atoms with Gasteiger partial charge >= 0.3 is 0 Å². The minimum absolute atomic E-state index is 0.193. The van der Waals surface area contributed by atoms with Gasteiger partial charge in [0.25, 0.3) is 5.91 Å². The van der Waals surface area contributed by atoms with Crippen molar-refractivity contribution in [3.8, 4) is 11.8 Å². The van der Waals surface area contributed by atoms with Crippen molar-refractivity contribution in [3.05, 3.63) is 101 Å². The maximum Gasteiger partial charge on any atom is 0.251 e. The van der Waals surface area contributed by atoms with Crippen LogP contribution in [0.15, 0.2) is 66.7 Å². The topological polar surface area (TPSA) is 116 Å². The number of aryl methyl sites for hydroxylation is 1. The van der Waals surface area contributed by atoms with Crippen molar-refractivity contribution in [1.29, 1.82) is 0 Å². The Morgan fingerprint density at radius 2 is 1.51 bits per heavy atom. The number of aliphatic hydroxyl groups excluding tert-OH is 2. The number of Topliss-reactive ketones (excluding diaryl/α,β-unsaturated/α-hetero) is 1. The summed E-state index contributed by atoms with van der Waals surface area (Å²) in [6.07, 6.45) is 0.0178. The summed E-state index contributed by atoms with van der Waals surface area (Å²) < 4.78 is 26.3. The van der Waals surface area contributed by atoms with Crippen molar-refractivity contribution in [2.75, 3.05) is 11.9 Å². The molecule has 3 aromatic rings. The summed E-state index contributed by atoms with van der Waals surface area (Å²) in [5.74, 6) is 2.72. The summed E-state index contributed by atoms with van der Waals surface area (Å²) in [4.78, 5) is 36.3. The Bertz CT molecular complexity index is 1380. The zero-order valence-corrected chi connectivity index (χ0v) is 21.2. The maximum absolute atomic E-state index is 13.3. The second-order valence-electron chi connectivity index (χ2n) is 8.87. The number of hydrogen-bond acceptors (Lipinski definition) is 5. The molecule has 0 aliphatic rings. The van der Waals surface area contributed by atoms with Gasteiger partial charge < -0.3 is 20.8 Å². The van der Waals surface area contributed by atoms with Crippen molar-refractivity contribution >= 4 is 23.3 Å². The number of halogens is 2. The van der Waals surface area contributed by atoms with Gasteiger partial charge in [-0.1, -0.05) is 17.9 Å². The summed E-state index contributed by atoms with van der Waals surface area (Å²) in [5, 5.41) is 23.9. The summed E-state index contributed by atoms with van der Waals surface area (Å²) in [7, 11) is 0. The third-order valence-corrected chi connectivity index (χ3v) is 5.79. The molecule has 7 nitrogen and oxygen atoms in total. The highest BCUT2D eigenvalue weighted by Gasteiger charge is 2.25. The summed E-state index contributed by atoms with van der Waals surface area (Å²) in [6.45, 7) is 0.555. The molecule has 0 fully saturated rings. The minimum atomic E-state index is -1.21. The van der Waals surface area contributed by atoms with Crippen molar-refractivity contribution in [2.24, 2.45) is 0 Å². The van der Waals surface area contributed by atoms with Gasteiger partial charge in [-0.2, -0.15) is 0 Å². The van der Waals surface area contributed by atoms with Crippen molar-refractivity contribution in [3.63, 3.8) is 0 Å². The van der Waals surface area contributed by atoms with Gasteiger partial charge in [0.1, 0.15) is 12.6 Å². The van der Waals surface area contributed by atoms with Crippen LogP contribution in [0.4, 0.5) is 14.5 Å². The lowest BCUT2D eigenvalue weighted by molar-refractivity contribution is -0.126. The number of carbonyl (C=O) groups is 3. The van der Waals surface area contributed by atoms with E-state index >= 15 is 0 Å². The van der Waals surface area contributed by atoms with Crippen LogP contribution < -0.4 is 10.6 Å². The number of carbonyl (C=O) groups excluding carboxylic acids is 3. The SMILES string of the molecule is C[C@@H](O)[C@H](NC(=O)c1ccc(C#Cc2ccc(NC(=O)CCCc3ccc(F)c(F)c3)cc2)cc1)C(=O)CO. The lowest BCUT2D eigenvalue weighted by Crippen LogP contribution is -2.48. The Hall–Kier alpha value is -4.39. The molecule has 3 aromatic carbocycles. The van der Waals surface area contributed by atoms with Crippen LogP contribution >= 0.6 is 0 Å². The van der Waals surface area contributed by atoms with Crippen LogP contribution in [0, 0.1) is 23.5 Å². The summed E-state index contributed by atoms with van der Waals surface area (Å²) >= 11 is 0. The van der Waals surface area contributed by atoms with Crippen LogP contribution in [0.2, 0.25) is 0 Å². The van der Waals surface area contributed by atoms with Crippen molar-refractivity contribution < 1.29 is 33.4 Å². The van der Waals surface area contributed by atoms with Gasteiger partial charge in [-0.25, -0.2) is 8.78 Å². The zero-order chi connectivity index (χ0) is 28.4. The lowest BCUT2D eigenvalue weighted by atomic mass is 10.1. The molecular weight excluding hydrogens is 506 g/mol. The Morgan fingerprint density at radius 1 is 0.897 bits per heavy atom. The average molecular weight is 535 g/mol. The third-order valence-electron chi connectivity index (χ3n) is 5.79. The maximum atomic E-state index is 13.3. The van der Waals surface area contributed by atoms with Gasteiger partial charge in [-0.3, -0.25) is 14.4 Å². The van der Waals surface area contributed by atoms with E-state index in [4.69, 9.17) is 5.11 Å². The standard InChI is InChI=1S/C30H28F2N2O5/c1-19(36)29(27(37)18-35)34-30(39)23-12-7-20(8-13-23)5-6-21-9-14-24(15-10-21)33-28(38)4-2-3-22-11-16-25(31)26(32)17-22/h7-17,19,29,35-36H,2-4,18H2,1H3,(H,33,38)(H,34,39)/t19-,29+/m1/s1. The fraction of sp³-hybridized carbons (Fsp3) is 0.233. The third kappa shape index (κ3) is 8.85. The molecular formula is C30H28F2N2O5. The van der Waals surface area contributed by atoms with Gasteiger partial charge in [-0.05, 0) is 86.0 Å². The molecule has 2 atom stereocenters. The van der Waals surface area contributed by atoms with Crippen LogP contribution in [0.25, 0.3) is 0 Å². The Morgan fingerprint density at radius 3 is 2.08 bits per heavy atom. The Kier molecular flexibility index (Phi) is 10.4. The first-order valence-corrected chi connectivity index (χ1v) is 12.2. The number of amides is 2. The van der Waals surface area contributed by atoms with Crippen molar-refractivity contribution in [1.82, 2.24) is 5.32 Å². The monoisotopic (exact) mass is 534 g/mol. The van der Waals surface area contributed by atoms with E-state index in [-0.39, 0.29) is 17.9 Å². The molecule has 0 radical (unpaired) electrons. The van der Waals surface area contributed by atoms with Crippen LogP contribution in [-0.2, 0) is 16.0 Å². The van der Waals surface area contributed by atoms with Crippen LogP contribution in [-0.4, -0.2) is 46.6 Å². The molecule has 0 aliphatic carbocycles. The minimum Gasteiger partial charge on any atom is -0.391 e. The molecule has 0 bridgehead atoms. The average Bonchev–Trinajstić information content (AvgIpc) is 2.93. The van der Waals surface area contributed by atoms with Gasteiger partial charge in [0.2, 0.25) is 5.91 Å². The molecule has 0 aromatic heterocycles. The van der Waals surface area contributed by atoms with E-state index in [1.165, 1.54) is 25.1 Å². The van der Waals surface area contributed by atoms with E-state index in [9.17, 15) is 28.3 Å². The fourth-order valence-corrected chi connectivity index (χ4v) is 3.65. The highest BCUT2D eigenvalue weighted by molar-refractivity contribution is 5.98. The lowest BCUT2D eigenvalue weighted by Gasteiger charge is -2.19. The summed E-state index contributed by atoms with van der Waals surface area (Å²) in [6, 6.07) is 15.8. The number of ketones is 1. The molecule has 0 saturated heterocycles. The quantitative estimate of drug-likeness (QED) is 0.298. The summed E-state index contributed by atoms with van der Waals surface area (Å²) in [5.41, 5.74) is 2.84. The van der Waals surface area contributed by atoms with Crippen LogP contribution in [0.1, 0.15) is 46.8 Å². The number of hydrogen-bond donors (Lipinski definition) is 4. The van der Waals surface area contributed by atoms with E-state index in [0.717, 1.165) is 12.1 Å². The normalized spacial score (nSPS) is 12.0. The van der Waals surface area contributed by atoms with E-state index in [1.54, 1.807) is 36.4 Å². The number of anilines is 1. The first-order chi connectivity index (χ1) is 18.7. The van der Waals surface area contributed by atoms with Gasteiger partial charge in [0.05, 0.1) is 6.10 Å². The zero-order valence-electron chi connectivity index (χ0n) is 21.2. The smallest absolute Gasteiger partial charge is 0.251 e. The largest absolute Gasteiger partial charge is 0.391 e. The molecule has 4 N–H and O–H groups in total. The van der Waals surface area contributed by atoms with Gasteiger partial charge in [0.15, 0.2) is 17.4 Å². The van der Waals surface area contributed by atoms with Gasteiger partial charge in [-0.15, -0.1) is 0 Å². The second-order valence-corrected chi connectivity index (χ2v) is 8.87. The van der Waals surface area contributed by atoms with Gasteiger partial charge in [0, 0.05) is 28.8 Å². The van der Waals surface area contributed by atoms with E-state index in [2.05, 4.69) is 22.5 Å². The molecule has 0 saturated carbocycles. The molecule has 9 heteroatoms. The number of aliphatic hydroxyl groups is 2. The molecule has 2 amide bonds. The van der Waals surface area contributed by atoms with E-state index in [0.29, 0.717) is 35.2 Å². The number of nitrogens with one attached hydrogen (secondary N) is 2. The predicted octanol–water partition coefficient (Wildman–Crippen LogP) is 3.37. The number of rotatable bonds is 10. The highest BCUT2D eigenvalue weighted by atomic mass is 19.2. The Labute approximate surface area is 224 Å². The molecule has 0 unspecified atom stereocenters. The Balaban J connectivity index is 1.50. The first kappa shape index (κ1) is 29.2. The molecule has 3 rings (SSSR count). The first-order valence-electron chi connectivity index (χ1n) is 12.2. The molecule has 0 spiro atoms. The van der Waals surface area contributed by atoms with E-state index < -0.39 is 42.1 Å². The molecule has 0 aliphatic heterocycles. The fourth-order valence-electron chi connectivity index (χ4n) is 3.65. The predicted molar refractivity (Wildman–Crippen MR) is 142 cm³/mol. The number of benzene rings is 3. The van der Waals surface area contributed by atoms with E-state index in [1.807, 2.05) is 0 Å². The van der Waals surface area contributed by atoms with Crippen LogP contribution in [0.5, 0.6) is 0 Å². The van der Waals surface area contributed by atoms with Crippen LogP contribution in [0.3, 0.4) is 0 Å². The molecule has 0 heterocycles. The molecule has 39 heavy (non-hydrogen) atoms. The second kappa shape index (κ2) is 14.0. The van der Waals surface area contributed by atoms with Crippen molar-refractivity contribution in [2.45, 2.75) is 38.3 Å². The highest BCUT2D eigenvalue weighted by Crippen LogP contribution is 2.13.